The summed E-state index contributed by atoms with van der Waals surface area (Å²) in [5.41, 5.74) is -0.202. The molecule has 0 aromatic heterocycles. The Morgan fingerprint density at radius 2 is 1.82 bits per heavy atom. The van der Waals surface area contributed by atoms with Gasteiger partial charge in [0.2, 0.25) is 0 Å². The maximum Gasteiger partial charge on any atom is 0.279 e. The van der Waals surface area contributed by atoms with E-state index in [9.17, 15) is 18.4 Å². The lowest BCUT2D eigenvalue weighted by molar-refractivity contribution is -0.881. The second-order valence-electron chi connectivity index (χ2n) is 5.35. The van der Waals surface area contributed by atoms with Crippen molar-refractivity contribution in [3.63, 3.8) is 0 Å². The molecule has 0 saturated heterocycles. The molecule has 0 aliphatic carbocycles. The lowest BCUT2D eigenvalue weighted by atomic mass is 10.3. The summed E-state index contributed by atoms with van der Waals surface area (Å²) in [5.74, 6) is -1.96. The van der Waals surface area contributed by atoms with E-state index < -0.39 is 17.5 Å². The Morgan fingerprint density at radius 1 is 1.18 bits per heavy atom. The van der Waals surface area contributed by atoms with Gasteiger partial charge in [-0.05, 0) is 32.9 Å². The van der Waals surface area contributed by atoms with E-state index in [0.29, 0.717) is 6.54 Å². The van der Waals surface area contributed by atoms with Gasteiger partial charge in [-0.15, -0.1) is 0 Å². The van der Waals surface area contributed by atoms with Gasteiger partial charge in [0.25, 0.3) is 11.8 Å². The summed E-state index contributed by atoms with van der Waals surface area (Å²) >= 11 is 0. The number of likely N-dealkylation sites (N-methyl/N-ethyl adjacent to an activating group) is 1. The molecule has 122 valence electrons. The fourth-order valence-electron chi connectivity index (χ4n) is 1.93. The van der Waals surface area contributed by atoms with Crippen LogP contribution in [0.2, 0.25) is 0 Å². The summed E-state index contributed by atoms with van der Waals surface area (Å²) in [6.07, 6.45) is 0. The highest BCUT2D eigenvalue weighted by atomic mass is 19.1. The van der Waals surface area contributed by atoms with Crippen molar-refractivity contribution in [1.82, 2.24) is 5.32 Å². The van der Waals surface area contributed by atoms with E-state index in [1.54, 1.807) is 0 Å². The molecule has 1 aromatic rings. The third-order valence-corrected chi connectivity index (χ3v) is 2.97. The Kier molecular flexibility index (Phi) is 6.91. The van der Waals surface area contributed by atoms with Crippen molar-refractivity contribution in [2.75, 3.05) is 25.0 Å². The van der Waals surface area contributed by atoms with Crippen LogP contribution in [0, 0.1) is 11.6 Å². The first-order chi connectivity index (χ1) is 10.3. The number of amides is 2. The smallest absolute Gasteiger partial charge is 0.279 e. The lowest BCUT2D eigenvalue weighted by Crippen LogP contribution is -3.14. The fourth-order valence-corrected chi connectivity index (χ4v) is 1.93. The number of nitrogens with one attached hydrogen (secondary N) is 3. The van der Waals surface area contributed by atoms with Gasteiger partial charge in [0.15, 0.2) is 13.1 Å². The number of hydrogen-bond acceptors (Lipinski definition) is 2. The van der Waals surface area contributed by atoms with Crippen molar-refractivity contribution in [3.8, 4) is 0 Å². The maximum atomic E-state index is 13.5. The van der Waals surface area contributed by atoms with Crippen LogP contribution in [0.3, 0.4) is 0 Å². The van der Waals surface area contributed by atoms with Crippen LogP contribution < -0.4 is 15.5 Å². The van der Waals surface area contributed by atoms with Gasteiger partial charge in [-0.25, -0.2) is 8.78 Å². The largest absolute Gasteiger partial charge is 0.349 e. The minimum Gasteiger partial charge on any atom is -0.349 e. The van der Waals surface area contributed by atoms with Gasteiger partial charge in [-0.3, -0.25) is 9.59 Å². The van der Waals surface area contributed by atoms with Crippen molar-refractivity contribution in [1.29, 1.82) is 0 Å². The normalized spacial score (nSPS) is 12.1. The molecule has 0 aliphatic rings. The van der Waals surface area contributed by atoms with Crippen LogP contribution in [0.5, 0.6) is 0 Å². The lowest BCUT2D eigenvalue weighted by Gasteiger charge is -2.18. The summed E-state index contributed by atoms with van der Waals surface area (Å²) in [4.78, 5) is 24.3. The minimum absolute atomic E-state index is 0.00202. The van der Waals surface area contributed by atoms with Crippen LogP contribution in [-0.4, -0.2) is 37.5 Å². The number of quaternary nitrogens is 1. The van der Waals surface area contributed by atoms with Crippen LogP contribution in [-0.2, 0) is 9.59 Å². The summed E-state index contributed by atoms with van der Waals surface area (Å²) in [6, 6.07) is 2.88. The quantitative estimate of drug-likeness (QED) is 0.679. The Morgan fingerprint density at radius 3 is 2.41 bits per heavy atom. The number of halogens is 2. The summed E-state index contributed by atoms with van der Waals surface area (Å²) in [6.45, 7) is 6.25. The monoisotopic (exact) mass is 314 g/mol. The molecule has 0 saturated carbocycles. The Labute approximate surface area is 128 Å². The van der Waals surface area contributed by atoms with E-state index in [4.69, 9.17) is 0 Å². The van der Waals surface area contributed by atoms with Crippen LogP contribution in [0.4, 0.5) is 14.5 Å². The number of carbonyl (C=O) groups is 2. The predicted octanol–water partition coefficient (Wildman–Crippen LogP) is 0.333. The molecule has 1 unspecified atom stereocenters. The molecule has 0 spiro atoms. The molecule has 0 fully saturated rings. The molecule has 5 nitrogen and oxygen atoms in total. The molecule has 2 amide bonds. The highest BCUT2D eigenvalue weighted by molar-refractivity contribution is 5.91. The molecule has 7 heteroatoms. The van der Waals surface area contributed by atoms with Crippen molar-refractivity contribution >= 4 is 17.5 Å². The molecule has 22 heavy (non-hydrogen) atoms. The molecule has 0 heterocycles. The van der Waals surface area contributed by atoms with Gasteiger partial charge in [0, 0.05) is 12.1 Å². The SMILES string of the molecule is CC[NH+](CC(=O)Nc1cc(F)ccc1F)CC(=O)NC(C)C. The van der Waals surface area contributed by atoms with E-state index in [0.717, 1.165) is 23.1 Å². The Hall–Kier alpha value is -2.02. The molecule has 0 bridgehead atoms. The zero-order valence-corrected chi connectivity index (χ0v) is 13.0. The van der Waals surface area contributed by atoms with Crippen molar-refractivity contribution in [2.24, 2.45) is 0 Å². The van der Waals surface area contributed by atoms with Gasteiger partial charge < -0.3 is 15.5 Å². The average molecular weight is 314 g/mol. The molecular weight excluding hydrogens is 292 g/mol. The van der Waals surface area contributed by atoms with Gasteiger partial charge in [0.05, 0.1) is 12.2 Å². The standard InChI is InChI=1S/C15H21F2N3O2/c1-4-20(8-14(21)18-10(2)3)9-15(22)19-13-7-11(16)5-6-12(13)17/h5-7,10H,4,8-9H2,1-3H3,(H,18,21)(H,19,22)/p+1. The zero-order chi connectivity index (χ0) is 16.7. The van der Waals surface area contributed by atoms with Gasteiger partial charge in [-0.1, -0.05) is 0 Å². The summed E-state index contributed by atoms with van der Waals surface area (Å²) in [5, 5.41) is 5.07. The van der Waals surface area contributed by atoms with E-state index in [1.165, 1.54) is 0 Å². The van der Waals surface area contributed by atoms with Crippen LogP contribution in [0.15, 0.2) is 18.2 Å². The van der Waals surface area contributed by atoms with Gasteiger partial charge in [0.1, 0.15) is 11.6 Å². The highest BCUT2D eigenvalue weighted by Gasteiger charge is 2.18. The number of benzene rings is 1. The van der Waals surface area contributed by atoms with Crippen molar-refractivity contribution < 1.29 is 23.3 Å². The van der Waals surface area contributed by atoms with E-state index in [-0.39, 0.29) is 30.7 Å². The fraction of sp³-hybridized carbons (Fsp3) is 0.467. The number of hydrogen-bond donors (Lipinski definition) is 3. The third-order valence-electron chi connectivity index (χ3n) is 2.97. The molecule has 1 atom stereocenters. The Balaban J connectivity index is 2.58. The molecule has 1 rings (SSSR count). The van der Waals surface area contributed by atoms with Crippen LogP contribution in [0.25, 0.3) is 0 Å². The predicted molar refractivity (Wildman–Crippen MR) is 79.5 cm³/mol. The zero-order valence-electron chi connectivity index (χ0n) is 13.0. The number of anilines is 1. The average Bonchev–Trinajstić information content (AvgIpc) is 2.41. The molecule has 0 radical (unpaired) electrons. The van der Waals surface area contributed by atoms with E-state index >= 15 is 0 Å². The third kappa shape index (κ3) is 6.17. The van der Waals surface area contributed by atoms with Gasteiger partial charge >= 0.3 is 0 Å². The minimum atomic E-state index is -0.703. The van der Waals surface area contributed by atoms with Crippen LogP contribution >= 0.6 is 0 Å². The maximum absolute atomic E-state index is 13.5. The summed E-state index contributed by atoms with van der Waals surface area (Å²) in [7, 11) is 0. The Bertz CT molecular complexity index is 536. The second-order valence-corrected chi connectivity index (χ2v) is 5.35. The topological polar surface area (TPSA) is 62.6 Å². The molecule has 0 aliphatic heterocycles. The first-order valence-corrected chi connectivity index (χ1v) is 7.19. The molecular formula is C15H22F2N3O2+. The van der Waals surface area contributed by atoms with Crippen LogP contribution in [0.1, 0.15) is 20.8 Å². The van der Waals surface area contributed by atoms with Crippen molar-refractivity contribution in [3.05, 3.63) is 29.8 Å². The molecule has 1 aromatic carbocycles. The number of rotatable bonds is 7. The first kappa shape index (κ1) is 18.0. The van der Waals surface area contributed by atoms with Gasteiger partial charge in [-0.2, -0.15) is 0 Å². The van der Waals surface area contributed by atoms with E-state index in [2.05, 4.69) is 10.6 Å². The van der Waals surface area contributed by atoms with E-state index in [1.807, 2.05) is 20.8 Å². The van der Waals surface area contributed by atoms with Crippen molar-refractivity contribution in [2.45, 2.75) is 26.8 Å². The molecule has 3 N–H and O–H groups in total. The number of carbonyl (C=O) groups excluding carboxylic acids is 2. The highest BCUT2D eigenvalue weighted by Crippen LogP contribution is 2.14. The summed E-state index contributed by atoms with van der Waals surface area (Å²) < 4.78 is 26.5. The first-order valence-electron chi connectivity index (χ1n) is 7.19. The second kappa shape index (κ2) is 8.43.